The van der Waals surface area contributed by atoms with Gasteiger partial charge in [0.15, 0.2) is 12.1 Å². The fourth-order valence-corrected chi connectivity index (χ4v) is 5.59. The van der Waals surface area contributed by atoms with E-state index in [-0.39, 0.29) is 29.1 Å². The normalized spacial score (nSPS) is 43.1. The Morgan fingerprint density at radius 1 is 1.16 bits per heavy atom. The van der Waals surface area contributed by atoms with Gasteiger partial charge < -0.3 is 24.8 Å². The number of hydrogen-bond acceptors (Lipinski definition) is 9. The maximum absolute atomic E-state index is 12.7. The number of carbonyl (C=O) groups is 1. The van der Waals surface area contributed by atoms with E-state index in [1.807, 2.05) is 13.8 Å². The van der Waals surface area contributed by atoms with Gasteiger partial charge in [0, 0.05) is 6.42 Å². The van der Waals surface area contributed by atoms with E-state index in [0.29, 0.717) is 19.3 Å². The molecule has 3 fully saturated rings. The van der Waals surface area contributed by atoms with E-state index in [9.17, 15) is 28.5 Å². The summed E-state index contributed by atoms with van der Waals surface area (Å²) in [4.78, 5) is 12.7. The Hall–Kier alpha value is -0.920. The lowest BCUT2D eigenvalue weighted by atomic mass is 9.54. The van der Waals surface area contributed by atoms with Gasteiger partial charge in [0.1, 0.15) is 24.4 Å². The van der Waals surface area contributed by atoms with Gasteiger partial charge in [-0.05, 0) is 55.9 Å². The first-order valence-electron chi connectivity index (χ1n) is 10.9. The number of ether oxygens (including phenoxy) is 2. The number of allylic oxidation sites excluding steroid dienone is 2. The van der Waals surface area contributed by atoms with Gasteiger partial charge in [0.2, 0.25) is 0 Å². The Labute approximate surface area is 188 Å². The predicted octanol–water partition coefficient (Wildman–Crippen LogP) is 0.750. The Morgan fingerprint density at radius 3 is 2.41 bits per heavy atom. The minimum absolute atomic E-state index is 0.0615. The van der Waals surface area contributed by atoms with Crippen LogP contribution in [0.2, 0.25) is 0 Å². The lowest BCUT2D eigenvalue weighted by molar-refractivity contribution is -0.315. The van der Waals surface area contributed by atoms with E-state index >= 15 is 0 Å². The summed E-state index contributed by atoms with van der Waals surface area (Å²) in [5, 5.41) is 30.6. The fourth-order valence-electron chi connectivity index (χ4n) is 5.29. The molecule has 0 spiro atoms. The molecule has 11 heteroatoms. The molecule has 0 bridgehead atoms. The van der Waals surface area contributed by atoms with E-state index < -0.39 is 47.7 Å². The summed E-state index contributed by atoms with van der Waals surface area (Å²) in [6.07, 6.45) is -5.56. The van der Waals surface area contributed by atoms with Gasteiger partial charge in [-0.25, -0.2) is 4.18 Å². The maximum atomic E-state index is 12.7. The molecule has 3 rings (SSSR count). The van der Waals surface area contributed by atoms with Crippen LogP contribution < -0.4 is 0 Å². The number of fused-ring (bicyclic) bond motifs is 1. The molecule has 0 radical (unpaired) electrons. The lowest BCUT2D eigenvalue weighted by Gasteiger charge is -2.52. The number of Topliss-reactive ketones (excluding diaryl/α,β-unsaturated/α-hetero) is 1. The van der Waals surface area contributed by atoms with Crippen LogP contribution in [0.3, 0.4) is 0 Å². The first-order valence-corrected chi connectivity index (χ1v) is 12.3. The number of rotatable bonds is 5. The van der Waals surface area contributed by atoms with Crippen LogP contribution in [0.1, 0.15) is 53.4 Å². The molecule has 1 unspecified atom stereocenters. The van der Waals surface area contributed by atoms with Gasteiger partial charge in [-0.15, -0.1) is 0 Å². The van der Waals surface area contributed by atoms with Crippen molar-refractivity contribution in [2.24, 2.45) is 17.3 Å². The third-order valence-electron chi connectivity index (χ3n) is 7.53. The van der Waals surface area contributed by atoms with Crippen molar-refractivity contribution in [1.29, 1.82) is 0 Å². The highest BCUT2D eigenvalue weighted by Gasteiger charge is 2.51. The SMILES string of the molecule is CC(C)=C1C[C@@]2(C)[C@@H](CC1=O)C[C@H](OC1O[C@H](COS(=O)(=O)O)[C@@H](O)[C@H](O)[C@H]1O)C[C@@H]2C. The van der Waals surface area contributed by atoms with Crippen molar-refractivity contribution in [3.05, 3.63) is 11.1 Å². The summed E-state index contributed by atoms with van der Waals surface area (Å²) in [6.45, 7) is 7.47. The molecule has 0 aromatic heterocycles. The average molecular weight is 479 g/mol. The Kier molecular flexibility index (Phi) is 7.53. The molecule has 4 N–H and O–H groups in total. The molecule has 3 aliphatic rings. The molecule has 0 aromatic carbocycles. The summed E-state index contributed by atoms with van der Waals surface area (Å²) >= 11 is 0. The summed E-state index contributed by atoms with van der Waals surface area (Å²) in [7, 11) is -4.78. The van der Waals surface area contributed by atoms with Gasteiger partial charge in [-0.2, -0.15) is 8.42 Å². The molecule has 1 aliphatic heterocycles. The van der Waals surface area contributed by atoms with Crippen LogP contribution in [0.4, 0.5) is 0 Å². The Bertz CT molecular complexity index is 851. The third kappa shape index (κ3) is 5.25. The zero-order valence-corrected chi connectivity index (χ0v) is 19.6. The molecule has 184 valence electrons. The second-order valence-electron chi connectivity index (χ2n) is 9.84. The highest BCUT2D eigenvalue weighted by molar-refractivity contribution is 7.80. The molecule has 1 saturated heterocycles. The minimum Gasteiger partial charge on any atom is -0.387 e. The summed E-state index contributed by atoms with van der Waals surface area (Å²) < 4.78 is 46.1. The zero-order valence-electron chi connectivity index (χ0n) is 18.8. The quantitative estimate of drug-likeness (QED) is 0.252. The van der Waals surface area contributed by atoms with E-state index in [4.69, 9.17) is 14.0 Å². The number of carbonyl (C=O) groups excluding carboxylic acids is 1. The summed E-state index contributed by atoms with van der Waals surface area (Å²) in [5.74, 6) is 0.445. The second-order valence-corrected chi connectivity index (χ2v) is 10.9. The molecule has 1 heterocycles. The number of aliphatic hydroxyl groups is 3. The van der Waals surface area contributed by atoms with Crippen LogP contribution in [-0.2, 0) is 28.9 Å². The number of aliphatic hydroxyl groups excluding tert-OH is 3. The molecule has 0 aromatic rings. The summed E-state index contributed by atoms with van der Waals surface area (Å²) in [5.41, 5.74) is 1.89. The van der Waals surface area contributed by atoms with Gasteiger partial charge in [0.05, 0.1) is 12.7 Å². The smallest absolute Gasteiger partial charge is 0.387 e. The molecule has 10 nitrogen and oxygen atoms in total. The lowest BCUT2D eigenvalue weighted by Crippen LogP contribution is -2.60. The fraction of sp³-hybridized carbons (Fsp3) is 0.857. The summed E-state index contributed by atoms with van der Waals surface area (Å²) in [6, 6.07) is 0. The molecular weight excluding hydrogens is 444 g/mol. The largest absolute Gasteiger partial charge is 0.397 e. The van der Waals surface area contributed by atoms with Crippen molar-refractivity contribution in [2.45, 2.75) is 90.2 Å². The molecule has 2 aliphatic carbocycles. The predicted molar refractivity (Wildman–Crippen MR) is 112 cm³/mol. The molecular formula is C21H34O10S. The van der Waals surface area contributed by atoms with Crippen molar-refractivity contribution in [1.82, 2.24) is 0 Å². The minimum atomic E-state index is -4.78. The van der Waals surface area contributed by atoms with Crippen molar-refractivity contribution >= 4 is 16.2 Å². The van der Waals surface area contributed by atoms with Gasteiger partial charge >= 0.3 is 10.4 Å². The number of hydrogen-bond donors (Lipinski definition) is 4. The topological polar surface area (TPSA) is 160 Å². The number of ketones is 1. The van der Waals surface area contributed by atoms with Crippen LogP contribution in [0.25, 0.3) is 0 Å². The monoisotopic (exact) mass is 478 g/mol. The molecule has 0 amide bonds. The first kappa shape index (κ1) is 25.7. The van der Waals surface area contributed by atoms with Crippen molar-refractivity contribution in [2.75, 3.05) is 6.61 Å². The molecule has 9 atom stereocenters. The van der Waals surface area contributed by atoms with Gasteiger partial charge in [-0.1, -0.05) is 19.4 Å². The van der Waals surface area contributed by atoms with Crippen molar-refractivity contribution in [3.8, 4) is 0 Å². The van der Waals surface area contributed by atoms with Crippen LogP contribution >= 0.6 is 0 Å². The zero-order chi connectivity index (χ0) is 24.0. The van der Waals surface area contributed by atoms with Crippen molar-refractivity contribution in [3.63, 3.8) is 0 Å². The van der Waals surface area contributed by atoms with E-state index in [2.05, 4.69) is 18.0 Å². The third-order valence-corrected chi connectivity index (χ3v) is 7.96. The van der Waals surface area contributed by atoms with Gasteiger partial charge in [-0.3, -0.25) is 9.35 Å². The van der Waals surface area contributed by atoms with E-state index in [0.717, 1.165) is 17.6 Å². The second kappa shape index (κ2) is 9.38. The highest BCUT2D eigenvalue weighted by atomic mass is 32.3. The first-order chi connectivity index (χ1) is 14.7. The maximum Gasteiger partial charge on any atom is 0.397 e. The van der Waals surface area contributed by atoms with E-state index in [1.165, 1.54) is 0 Å². The van der Waals surface area contributed by atoms with Crippen LogP contribution in [0, 0.1) is 17.3 Å². The van der Waals surface area contributed by atoms with Crippen molar-refractivity contribution < 1.29 is 46.7 Å². The Morgan fingerprint density at radius 2 is 1.81 bits per heavy atom. The van der Waals surface area contributed by atoms with Gasteiger partial charge in [0.25, 0.3) is 0 Å². The van der Waals surface area contributed by atoms with Crippen LogP contribution in [0.15, 0.2) is 11.1 Å². The van der Waals surface area contributed by atoms with Crippen LogP contribution in [0.5, 0.6) is 0 Å². The Balaban J connectivity index is 1.70. The average Bonchev–Trinajstić information content (AvgIpc) is 2.68. The van der Waals surface area contributed by atoms with Crippen LogP contribution in [-0.4, -0.2) is 77.5 Å². The highest BCUT2D eigenvalue weighted by Crippen LogP contribution is 2.54. The van der Waals surface area contributed by atoms with E-state index in [1.54, 1.807) is 0 Å². The standard InChI is InChI=1S/C21H34O10S/c1-10(2)14-8-21(4)11(3)5-13(6-12(21)7-15(14)22)30-20-19(25)18(24)17(23)16(31-20)9-29-32(26,27)28/h11-13,16-20,23-25H,5-9H2,1-4H3,(H,26,27,28)/t11-,12+,13+,16+,17+,18-,19+,20?,21+/m0/s1. The molecule has 32 heavy (non-hydrogen) atoms. The molecule has 2 saturated carbocycles.